The average Bonchev–Trinajstić information content (AvgIpc) is 2.35. The lowest BCUT2D eigenvalue weighted by atomic mass is 10.1. The Morgan fingerprint density at radius 3 is 2.88 bits per heavy atom. The summed E-state index contributed by atoms with van der Waals surface area (Å²) in [5, 5.41) is 0.984. The maximum atomic E-state index is 11.8. The van der Waals surface area contributed by atoms with Crippen molar-refractivity contribution in [1.29, 1.82) is 0 Å². The maximum absolute atomic E-state index is 11.8. The number of carbonyl (C=O) groups excluding carboxylic acids is 1. The van der Waals surface area contributed by atoms with Gasteiger partial charge in [-0.2, -0.15) is 0 Å². The Morgan fingerprint density at radius 2 is 2.12 bits per heavy atom. The lowest BCUT2D eigenvalue weighted by Gasteiger charge is -2.03. The monoisotopic (exact) mass is 229 g/mol. The number of rotatable bonds is 4. The van der Waals surface area contributed by atoms with Crippen molar-refractivity contribution in [2.24, 2.45) is 0 Å². The van der Waals surface area contributed by atoms with Crippen molar-refractivity contribution >= 4 is 16.7 Å². The van der Waals surface area contributed by atoms with E-state index >= 15 is 0 Å². The summed E-state index contributed by atoms with van der Waals surface area (Å²) in [5.74, 6) is 0.00863. The van der Waals surface area contributed by atoms with Crippen molar-refractivity contribution in [2.45, 2.75) is 13.8 Å². The van der Waals surface area contributed by atoms with Crippen LogP contribution in [-0.2, 0) is 4.74 Å². The van der Waals surface area contributed by atoms with Gasteiger partial charge < -0.3 is 4.74 Å². The largest absolute Gasteiger partial charge is 0.374 e. The molecular weight excluding hydrogens is 214 g/mol. The number of pyridine rings is 1. The minimum atomic E-state index is 0.00863. The highest BCUT2D eigenvalue weighted by Gasteiger charge is 2.06. The number of benzene rings is 1. The number of hydrogen-bond acceptors (Lipinski definition) is 3. The molecule has 2 rings (SSSR count). The zero-order chi connectivity index (χ0) is 12.3. The third-order valence-electron chi connectivity index (χ3n) is 2.59. The highest BCUT2D eigenvalue weighted by atomic mass is 16.5. The zero-order valence-electron chi connectivity index (χ0n) is 10.1. The first kappa shape index (κ1) is 11.7. The van der Waals surface area contributed by atoms with Crippen LogP contribution in [0.4, 0.5) is 0 Å². The molecule has 0 aliphatic heterocycles. The van der Waals surface area contributed by atoms with Gasteiger partial charge in [-0.05, 0) is 38.1 Å². The molecule has 0 amide bonds. The van der Waals surface area contributed by atoms with Gasteiger partial charge in [-0.1, -0.05) is 6.07 Å². The Morgan fingerprint density at radius 1 is 1.29 bits per heavy atom. The normalized spacial score (nSPS) is 10.7. The molecule has 0 radical (unpaired) electrons. The lowest BCUT2D eigenvalue weighted by Crippen LogP contribution is -2.08. The van der Waals surface area contributed by atoms with Gasteiger partial charge in [-0.3, -0.25) is 9.78 Å². The molecule has 0 fully saturated rings. The van der Waals surface area contributed by atoms with E-state index in [1.165, 1.54) is 0 Å². The van der Waals surface area contributed by atoms with Crippen LogP contribution in [0.15, 0.2) is 30.3 Å². The molecule has 0 atom stereocenters. The van der Waals surface area contributed by atoms with E-state index in [-0.39, 0.29) is 12.4 Å². The Labute approximate surface area is 100 Å². The molecule has 2 aromatic rings. The van der Waals surface area contributed by atoms with Crippen molar-refractivity contribution in [1.82, 2.24) is 4.98 Å². The van der Waals surface area contributed by atoms with Gasteiger partial charge in [-0.25, -0.2) is 0 Å². The number of carbonyl (C=O) groups is 1. The number of aromatic nitrogens is 1. The molecule has 0 aliphatic rings. The maximum Gasteiger partial charge on any atom is 0.188 e. The molecule has 3 heteroatoms. The van der Waals surface area contributed by atoms with Crippen LogP contribution in [0.2, 0.25) is 0 Å². The fraction of sp³-hybridized carbons (Fsp3) is 0.286. The van der Waals surface area contributed by atoms with Gasteiger partial charge >= 0.3 is 0 Å². The molecule has 1 aromatic carbocycles. The predicted molar refractivity (Wildman–Crippen MR) is 67.3 cm³/mol. The molecule has 0 aliphatic carbocycles. The third kappa shape index (κ3) is 2.68. The van der Waals surface area contributed by atoms with Gasteiger partial charge in [0.25, 0.3) is 0 Å². The lowest BCUT2D eigenvalue weighted by molar-refractivity contribution is 0.0783. The fourth-order valence-electron chi connectivity index (χ4n) is 1.68. The highest BCUT2D eigenvalue weighted by Crippen LogP contribution is 2.15. The molecule has 0 bridgehead atoms. The highest BCUT2D eigenvalue weighted by molar-refractivity contribution is 6.00. The van der Waals surface area contributed by atoms with Crippen molar-refractivity contribution < 1.29 is 9.53 Å². The minimum Gasteiger partial charge on any atom is -0.374 e. The standard InChI is InChI=1S/C14H15NO2/c1-3-17-9-14(16)12-6-7-13-11(8-12)5-4-10(2)15-13/h4-8H,3,9H2,1-2H3. The molecule has 0 saturated carbocycles. The minimum absolute atomic E-state index is 0.00863. The van der Waals surface area contributed by atoms with Crippen LogP contribution in [0, 0.1) is 6.92 Å². The van der Waals surface area contributed by atoms with E-state index < -0.39 is 0 Å². The van der Waals surface area contributed by atoms with E-state index in [1.807, 2.05) is 38.1 Å². The summed E-state index contributed by atoms with van der Waals surface area (Å²) in [6.07, 6.45) is 0. The SMILES string of the molecule is CCOCC(=O)c1ccc2nc(C)ccc2c1. The third-order valence-corrected chi connectivity index (χ3v) is 2.59. The van der Waals surface area contributed by atoms with Crippen molar-refractivity contribution in [2.75, 3.05) is 13.2 Å². The first-order valence-electron chi connectivity index (χ1n) is 5.69. The quantitative estimate of drug-likeness (QED) is 0.757. The van der Waals surface area contributed by atoms with Crippen molar-refractivity contribution in [3.05, 3.63) is 41.6 Å². The first-order valence-corrected chi connectivity index (χ1v) is 5.69. The molecule has 17 heavy (non-hydrogen) atoms. The van der Waals surface area contributed by atoms with Crippen molar-refractivity contribution in [3.63, 3.8) is 0 Å². The summed E-state index contributed by atoms with van der Waals surface area (Å²) in [6.45, 7) is 4.52. The van der Waals surface area contributed by atoms with E-state index in [0.29, 0.717) is 12.2 Å². The topological polar surface area (TPSA) is 39.2 Å². The smallest absolute Gasteiger partial charge is 0.188 e. The van der Waals surface area contributed by atoms with E-state index in [2.05, 4.69) is 4.98 Å². The Bertz CT molecular complexity index is 549. The predicted octanol–water partition coefficient (Wildman–Crippen LogP) is 2.76. The number of Topliss-reactive ketones (excluding diaryl/α,β-unsaturated/α-hetero) is 1. The Balaban J connectivity index is 2.31. The molecule has 0 saturated heterocycles. The summed E-state index contributed by atoms with van der Waals surface area (Å²) in [5.41, 5.74) is 2.57. The molecule has 0 unspecified atom stereocenters. The molecule has 88 valence electrons. The molecular formula is C14H15NO2. The van der Waals surface area contributed by atoms with Crippen LogP contribution < -0.4 is 0 Å². The van der Waals surface area contributed by atoms with Crippen LogP contribution in [0.3, 0.4) is 0 Å². The molecule has 3 nitrogen and oxygen atoms in total. The summed E-state index contributed by atoms with van der Waals surface area (Å²) >= 11 is 0. The van der Waals surface area contributed by atoms with E-state index in [0.717, 1.165) is 16.6 Å². The van der Waals surface area contributed by atoms with Crippen molar-refractivity contribution in [3.8, 4) is 0 Å². The fourth-order valence-corrected chi connectivity index (χ4v) is 1.68. The number of ketones is 1. The van der Waals surface area contributed by atoms with E-state index in [4.69, 9.17) is 4.74 Å². The number of ether oxygens (including phenoxy) is 1. The summed E-state index contributed by atoms with van der Waals surface area (Å²) in [4.78, 5) is 16.2. The number of aryl methyl sites for hydroxylation is 1. The van der Waals surface area contributed by atoms with Crippen LogP contribution >= 0.6 is 0 Å². The van der Waals surface area contributed by atoms with E-state index in [1.54, 1.807) is 6.07 Å². The molecule has 0 spiro atoms. The summed E-state index contributed by atoms with van der Waals surface area (Å²) in [6, 6.07) is 9.47. The molecule has 0 N–H and O–H groups in total. The first-order chi connectivity index (χ1) is 8.20. The van der Waals surface area contributed by atoms with Gasteiger partial charge in [0.1, 0.15) is 6.61 Å². The van der Waals surface area contributed by atoms with Crippen LogP contribution in [0.25, 0.3) is 10.9 Å². The van der Waals surface area contributed by atoms with Crippen LogP contribution in [0.1, 0.15) is 23.0 Å². The average molecular weight is 229 g/mol. The second kappa shape index (κ2) is 5.06. The van der Waals surface area contributed by atoms with Gasteiger partial charge in [0.05, 0.1) is 5.52 Å². The number of fused-ring (bicyclic) bond motifs is 1. The summed E-state index contributed by atoms with van der Waals surface area (Å²) < 4.78 is 5.12. The second-order valence-corrected chi connectivity index (χ2v) is 3.92. The van der Waals surface area contributed by atoms with Crippen LogP contribution in [-0.4, -0.2) is 24.0 Å². The summed E-state index contributed by atoms with van der Waals surface area (Å²) in [7, 11) is 0. The van der Waals surface area contributed by atoms with Gasteiger partial charge in [0.15, 0.2) is 5.78 Å². The molecule has 1 aromatic heterocycles. The van der Waals surface area contributed by atoms with Gasteiger partial charge in [-0.15, -0.1) is 0 Å². The van der Waals surface area contributed by atoms with Gasteiger partial charge in [0.2, 0.25) is 0 Å². The number of hydrogen-bond donors (Lipinski definition) is 0. The Hall–Kier alpha value is -1.74. The van der Waals surface area contributed by atoms with Gasteiger partial charge in [0, 0.05) is 23.3 Å². The Kier molecular flexibility index (Phi) is 3.49. The molecule has 1 heterocycles. The zero-order valence-corrected chi connectivity index (χ0v) is 10.1. The van der Waals surface area contributed by atoms with Crippen LogP contribution in [0.5, 0.6) is 0 Å². The van der Waals surface area contributed by atoms with E-state index in [9.17, 15) is 4.79 Å². The second-order valence-electron chi connectivity index (χ2n) is 3.92. The number of nitrogens with zero attached hydrogens (tertiary/aromatic N) is 1.